The largest absolute Gasteiger partial charge is 0.494 e. The Morgan fingerprint density at radius 1 is 1.05 bits per heavy atom. The van der Waals surface area contributed by atoms with E-state index in [0.29, 0.717) is 10.4 Å². The van der Waals surface area contributed by atoms with Crippen LogP contribution in [0.3, 0.4) is 0 Å². The van der Waals surface area contributed by atoms with E-state index < -0.39 is 30.3 Å². The molecule has 1 heterocycles. The molecule has 9 heteroatoms. The molecule has 1 aliphatic carbocycles. The molecule has 5 nitrogen and oxygen atoms in total. The number of benzene rings is 2. The zero-order chi connectivity index (χ0) is 29.0. The van der Waals surface area contributed by atoms with E-state index in [1.165, 1.54) is 25.0 Å². The van der Waals surface area contributed by atoms with Crippen LogP contribution in [0, 0.1) is 0 Å². The SMILES string of the molecule is C/C=C\C(=C/c1ccc(SNC(C=O)C(F)(F)c2ccc(B3OC(C)(C)C(C)(C)O3)cc2)cc1)OC1CCCC1. The van der Waals surface area contributed by atoms with Crippen molar-refractivity contribution in [1.82, 2.24) is 4.72 Å². The van der Waals surface area contributed by atoms with Gasteiger partial charge in [0.2, 0.25) is 0 Å². The molecular weight excluding hydrogens is 531 g/mol. The lowest BCUT2D eigenvalue weighted by Gasteiger charge is -2.32. The Balaban J connectivity index is 1.38. The van der Waals surface area contributed by atoms with Gasteiger partial charge < -0.3 is 18.8 Å². The molecule has 0 radical (unpaired) electrons. The van der Waals surface area contributed by atoms with Gasteiger partial charge in [-0.2, -0.15) is 8.78 Å². The minimum atomic E-state index is -3.43. The highest BCUT2D eigenvalue weighted by Crippen LogP contribution is 2.37. The summed E-state index contributed by atoms with van der Waals surface area (Å²) in [6.45, 7) is 9.69. The van der Waals surface area contributed by atoms with E-state index in [1.54, 1.807) is 12.1 Å². The van der Waals surface area contributed by atoms with Crippen molar-refractivity contribution in [2.45, 2.75) is 94.5 Å². The van der Waals surface area contributed by atoms with Crippen LogP contribution in [-0.4, -0.2) is 36.8 Å². The topological polar surface area (TPSA) is 56.8 Å². The predicted octanol–water partition coefficient (Wildman–Crippen LogP) is 6.82. The fourth-order valence-corrected chi connectivity index (χ4v) is 5.36. The van der Waals surface area contributed by atoms with Gasteiger partial charge in [-0.3, -0.25) is 0 Å². The van der Waals surface area contributed by atoms with Gasteiger partial charge in [0.15, 0.2) is 0 Å². The molecule has 0 spiro atoms. The Morgan fingerprint density at radius 2 is 1.65 bits per heavy atom. The highest BCUT2D eigenvalue weighted by Gasteiger charge is 2.52. The molecule has 214 valence electrons. The summed E-state index contributed by atoms with van der Waals surface area (Å²) in [5, 5.41) is 0. The quantitative estimate of drug-likeness (QED) is 0.105. The average Bonchev–Trinajstić information content (AvgIpc) is 3.50. The summed E-state index contributed by atoms with van der Waals surface area (Å²) in [5.74, 6) is -2.62. The molecule has 1 unspecified atom stereocenters. The molecule has 4 rings (SSSR count). The summed E-state index contributed by atoms with van der Waals surface area (Å²) < 4.78 is 51.4. The minimum absolute atomic E-state index is 0.246. The van der Waals surface area contributed by atoms with Gasteiger partial charge in [-0.15, -0.1) is 0 Å². The first kappa shape index (κ1) is 30.5. The molecule has 2 aromatic rings. The van der Waals surface area contributed by atoms with Gasteiger partial charge in [0.05, 0.1) is 17.3 Å². The summed E-state index contributed by atoms with van der Waals surface area (Å²) in [6, 6.07) is 11.5. The molecular formula is C31H38BF2NO4S. The van der Waals surface area contributed by atoms with Crippen molar-refractivity contribution in [3.63, 3.8) is 0 Å². The van der Waals surface area contributed by atoms with Crippen LogP contribution in [0.4, 0.5) is 8.78 Å². The third-order valence-corrected chi connectivity index (χ3v) is 8.66. The molecule has 1 saturated carbocycles. The maximum atomic E-state index is 15.3. The number of hydrogen-bond acceptors (Lipinski definition) is 6. The molecule has 40 heavy (non-hydrogen) atoms. The number of nitrogens with one attached hydrogen (secondary N) is 1. The van der Waals surface area contributed by atoms with E-state index in [4.69, 9.17) is 14.0 Å². The summed E-state index contributed by atoms with van der Waals surface area (Å²) in [6.07, 6.45) is 10.9. The lowest BCUT2D eigenvalue weighted by molar-refractivity contribution is -0.119. The molecule has 0 amide bonds. The fraction of sp³-hybridized carbons (Fsp3) is 0.452. The fourth-order valence-electron chi connectivity index (χ4n) is 4.62. The van der Waals surface area contributed by atoms with Gasteiger partial charge in [0.1, 0.15) is 18.1 Å². The van der Waals surface area contributed by atoms with Gasteiger partial charge >= 0.3 is 7.12 Å². The van der Waals surface area contributed by atoms with Gasteiger partial charge in [0, 0.05) is 10.5 Å². The normalized spacial score (nSPS) is 20.3. The van der Waals surface area contributed by atoms with Gasteiger partial charge in [-0.25, -0.2) is 4.72 Å². The first-order valence-corrected chi connectivity index (χ1v) is 14.6. The number of alkyl halides is 2. The number of hydrogen-bond donors (Lipinski definition) is 1. The molecule has 1 atom stereocenters. The van der Waals surface area contributed by atoms with E-state index in [0.717, 1.165) is 36.1 Å². The number of rotatable bonds is 11. The Morgan fingerprint density at radius 3 is 2.20 bits per heavy atom. The van der Waals surface area contributed by atoms with Crippen LogP contribution in [0.15, 0.2) is 71.3 Å². The number of halogens is 2. The van der Waals surface area contributed by atoms with Crippen LogP contribution in [0.1, 0.15) is 71.4 Å². The van der Waals surface area contributed by atoms with E-state index in [1.807, 2.05) is 77.1 Å². The Bertz CT molecular complexity index is 1190. The number of allylic oxidation sites excluding steroid dienone is 2. The number of ether oxygens (including phenoxy) is 1. The van der Waals surface area contributed by atoms with Crippen LogP contribution >= 0.6 is 11.9 Å². The van der Waals surface area contributed by atoms with E-state index >= 15 is 8.78 Å². The highest BCUT2D eigenvalue weighted by molar-refractivity contribution is 7.97. The third-order valence-electron chi connectivity index (χ3n) is 7.78. The van der Waals surface area contributed by atoms with Crippen LogP contribution < -0.4 is 10.2 Å². The third kappa shape index (κ3) is 7.05. The second-order valence-corrected chi connectivity index (χ2v) is 12.2. The van der Waals surface area contributed by atoms with Crippen LogP contribution in [-0.2, 0) is 24.8 Å². The second kappa shape index (κ2) is 12.6. The minimum Gasteiger partial charge on any atom is -0.490 e. The molecule has 2 aliphatic rings. The summed E-state index contributed by atoms with van der Waals surface area (Å²) in [7, 11) is -0.649. The summed E-state index contributed by atoms with van der Waals surface area (Å²) >= 11 is 0.995. The molecule has 1 saturated heterocycles. The Kier molecular flexibility index (Phi) is 9.61. The van der Waals surface area contributed by atoms with Crippen LogP contribution in [0.25, 0.3) is 6.08 Å². The monoisotopic (exact) mass is 569 g/mol. The first-order valence-electron chi connectivity index (χ1n) is 13.8. The van der Waals surface area contributed by atoms with Gasteiger partial charge in [-0.1, -0.05) is 42.5 Å². The summed E-state index contributed by atoms with van der Waals surface area (Å²) in [5.41, 5.74) is 0.253. The number of carbonyl (C=O) groups excluding carboxylic acids is 1. The van der Waals surface area contributed by atoms with Crippen molar-refractivity contribution in [3.05, 3.63) is 77.6 Å². The van der Waals surface area contributed by atoms with Gasteiger partial charge in [0.25, 0.3) is 5.92 Å². The lowest BCUT2D eigenvalue weighted by Crippen LogP contribution is -2.41. The molecule has 1 aliphatic heterocycles. The maximum absolute atomic E-state index is 15.3. The Hall–Kier alpha value is -2.46. The highest BCUT2D eigenvalue weighted by atomic mass is 32.2. The Labute approximate surface area is 241 Å². The lowest BCUT2D eigenvalue weighted by atomic mass is 9.78. The first-order chi connectivity index (χ1) is 18.9. The zero-order valence-corrected chi connectivity index (χ0v) is 24.6. The van der Waals surface area contributed by atoms with Crippen molar-refractivity contribution < 1.29 is 27.6 Å². The zero-order valence-electron chi connectivity index (χ0n) is 23.8. The van der Waals surface area contributed by atoms with E-state index in [9.17, 15) is 4.79 Å². The molecule has 0 bridgehead atoms. The standard InChI is InChI=1S/C31H38BF2NO4S/c1-6-9-26(37-25-10-7-8-11-25)20-22-12-18-27(19-13-22)40-35-28(21-36)31(33,34)23-14-16-24(17-15-23)32-38-29(2,3)30(4,5)39-32/h6,9,12-21,25,28,35H,7-8,10-11H2,1-5H3/b9-6-,26-20+. The van der Waals surface area contributed by atoms with E-state index in [-0.39, 0.29) is 18.0 Å². The molecule has 1 N–H and O–H groups in total. The van der Waals surface area contributed by atoms with Crippen molar-refractivity contribution in [2.75, 3.05) is 0 Å². The molecule has 2 aromatic carbocycles. The average molecular weight is 570 g/mol. The van der Waals surface area contributed by atoms with Gasteiger partial charge in [-0.05, 0) is 108 Å². The van der Waals surface area contributed by atoms with Crippen molar-refractivity contribution >= 4 is 36.9 Å². The van der Waals surface area contributed by atoms with Crippen LogP contribution in [0.2, 0.25) is 0 Å². The second-order valence-electron chi connectivity index (χ2n) is 11.3. The van der Waals surface area contributed by atoms with Crippen molar-refractivity contribution in [2.24, 2.45) is 0 Å². The maximum Gasteiger partial charge on any atom is 0.494 e. The molecule has 2 fully saturated rings. The smallest absolute Gasteiger partial charge is 0.490 e. The number of aldehydes is 1. The molecule has 0 aromatic heterocycles. The van der Waals surface area contributed by atoms with Crippen molar-refractivity contribution in [3.8, 4) is 0 Å². The number of carbonyl (C=O) groups is 1. The predicted molar refractivity (Wildman–Crippen MR) is 157 cm³/mol. The van der Waals surface area contributed by atoms with Crippen molar-refractivity contribution in [1.29, 1.82) is 0 Å². The van der Waals surface area contributed by atoms with E-state index in [2.05, 4.69) is 4.72 Å². The summed E-state index contributed by atoms with van der Waals surface area (Å²) in [4.78, 5) is 12.4. The van der Waals surface area contributed by atoms with Crippen LogP contribution in [0.5, 0.6) is 0 Å².